The molecule has 0 saturated heterocycles. The van der Waals surface area contributed by atoms with Crippen LogP contribution in [0.15, 0.2) is 59.9 Å². The summed E-state index contributed by atoms with van der Waals surface area (Å²) < 4.78 is 0. The van der Waals surface area contributed by atoms with E-state index in [-0.39, 0.29) is 0 Å². The third-order valence-corrected chi connectivity index (χ3v) is 5.06. The summed E-state index contributed by atoms with van der Waals surface area (Å²) in [7, 11) is 0. The summed E-state index contributed by atoms with van der Waals surface area (Å²) in [5, 5.41) is 0.912. The van der Waals surface area contributed by atoms with Crippen molar-refractivity contribution in [1.82, 2.24) is 4.98 Å². The molecule has 0 saturated carbocycles. The summed E-state index contributed by atoms with van der Waals surface area (Å²) in [5.41, 5.74) is 14.3. The van der Waals surface area contributed by atoms with Crippen molar-refractivity contribution < 1.29 is 0 Å². The van der Waals surface area contributed by atoms with Gasteiger partial charge in [-0.15, -0.1) is 11.8 Å². The van der Waals surface area contributed by atoms with Crippen molar-refractivity contribution in [1.29, 1.82) is 0 Å². The average molecular weight is 396 g/mol. The van der Waals surface area contributed by atoms with Crippen LogP contribution >= 0.6 is 11.8 Å². The van der Waals surface area contributed by atoms with Crippen molar-refractivity contribution in [2.45, 2.75) is 41.0 Å². The van der Waals surface area contributed by atoms with Gasteiger partial charge in [0, 0.05) is 35.3 Å². The monoisotopic (exact) mass is 395 g/mol. The first-order chi connectivity index (χ1) is 13.3. The standard InChI is InChI=1S/C22H27N3S.C2H6/c1-7-18(13-19-8-9-24-17(19)5)22(26-6)25-16(4)12-20-10-15(3)21(23)11-14(20)2;1-2/h7-11,13,24H,1,4,12,23H2,2-3,5-6H3;1-2H3/b18-13+,25-22?;. The van der Waals surface area contributed by atoms with Crippen LogP contribution in [0.4, 0.5) is 5.69 Å². The number of hydrogen-bond donors (Lipinski definition) is 2. The third kappa shape index (κ3) is 6.31. The second kappa shape index (κ2) is 11.4. The molecule has 0 atom stereocenters. The van der Waals surface area contributed by atoms with Gasteiger partial charge in [0.05, 0.1) is 0 Å². The van der Waals surface area contributed by atoms with Crippen LogP contribution in [0.3, 0.4) is 0 Å². The normalized spacial score (nSPS) is 11.6. The van der Waals surface area contributed by atoms with E-state index in [9.17, 15) is 0 Å². The maximum atomic E-state index is 5.98. The number of nitrogens with two attached hydrogens (primary N) is 1. The first-order valence-corrected chi connectivity index (χ1v) is 10.7. The number of nitrogen functional groups attached to an aromatic ring is 1. The van der Waals surface area contributed by atoms with Crippen molar-refractivity contribution in [3.63, 3.8) is 0 Å². The quantitative estimate of drug-likeness (QED) is 0.249. The molecule has 28 heavy (non-hydrogen) atoms. The SMILES string of the molecule is C=C/C(=C\c1cc[nH]c1C)C(=NC(=C)Cc1cc(C)c(N)cc1C)SC.CC. The van der Waals surface area contributed by atoms with Gasteiger partial charge in [0.2, 0.25) is 0 Å². The number of hydrogen-bond acceptors (Lipinski definition) is 3. The van der Waals surface area contributed by atoms with E-state index >= 15 is 0 Å². The van der Waals surface area contributed by atoms with Crippen LogP contribution in [0.5, 0.6) is 0 Å². The number of allylic oxidation sites excluding steroid dienone is 2. The molecule has 0 aliphatic carbocycles. The molecule has 2 aromatic rings. The van der Waals surface area contributed by atoms with E-state index in [0.29, 0.717) is 6.42 Å². The summed E-state index contributed by atoms with van der Waals surface area (Å²) in [6, 6.07) is 6.19. The van der Waals surface area contributed by atoms with E-state index < -0.39 is 0 Å². The Morgan fingerprint density at radius 1 is 1.21 bits per heavy atom. The minimum atomic E-state index is 0.699. The zero-order valence-electron chi connectivity index (χ0n) is 18.0. The highest BCUT2D eigenvalue weighted by atomic mass is 32.2. The Morgan fingerprint density at radius 2 is 1.89 bits per heavy atom. The summed E-state index contributed by atoms with van der Waals surface area (Å²) in [5.74, 6) is 0. The van der Waals surface area contributed by atoms with E-state index in [4.69, 9.17) is 10.7 Å². The molecule has 0 unspecified atom stereocenters. The molecule has 4 heteroatoms. The fraction of sp³-hybridized carbons (Fsp3) is 0.292. The highest BCUT2D eigenvalue weighted by molar-refractivity contribution is 8.13. The number of rotatable bonds is 6. The second-order valence-corrected chi connectivity index (χ2v) is 7.16. The van der Waals surface area contributed by atoms with Crippen molar-refractivity contribution in [3.05, 3.63) is 82.8 Å². The molecule has 0 fully saturated rings. The minimum Gasteiger partial charge on any atom is -0.399 e. The highest BCUT2D eigenvalue weighted by Gasteiger charge is 2.08. The van der Waals surface area contributed by atoms with Crippen LogP contribution in [0.1, 0.15) is 41.8 Å². The molecule has 2 rings (SSSR count). The number of aromatic amines is 1. The van der Waals surface area contributed by atoms with Crippen molar-refractivity contribution >= 4 is 28.6 Å². The molecule has 1 heterocycles. The van der Waals surface area contributed by atoms with Gasteiger partial charge in [0.1, 0.15) is 5.04 Å². The summed E-state index contributed by atoms with van der Waals surface area (Å²) in [4.78, 5) is 7.96. The number of anilines is 1. The van der Waals surface area contributed by atoms with Gasteiger partial charge < -0.3 is 10.7 Å². The van der Waals surface area contributed by atoms with E-state index in [1.165, 1.54) is 5.56 Å². The van der Waals surface area contributed by atoms with Crippen LogP contribution in [0, 0.1) is 20.8 Å². The van der Waals surface area contributed by atoms with Crippen LogP contribution < -0.4 is 5.73 Å². The van der Waals surface area contributed by atoms with Crippen molar-refractivity contribution in [2.24, 2.45) is 4.99 Å². The molecule has 1 aromatic heterocycles. The van der Waals surface area contributed by atoms with Gasteiger partial charge in [-0.25, -0.2) is 4.99 Å². The molecule has 3 nitrogen and oxygen atoms in total. The van der Waals surface area contributed by atoms with E-state index in [2.05, 4.69) is 37.2 Å². The van der Waals surface area contributed by atoms with Gasteiger partial charge in [0.25, 0.3) is 0 Å². The molecule has 0 bridgehead atoms. The molecule has 3 N–H and O–H groups in total. The largest absolute Gasteiger partial charge is 0.399 e. The fourth-order valence-corrected chi connectivity index (χ4v) is 3.31. The van der Waals surface area contributed by atoms with E-state index in [0.717, 1.165) is 44.4 Å². The first-order valence-electron chi connectivity index (χ1n) is 9.50. The molecule has 0 aliphatic heterocycles. The smallest absolute Gasteiger partial charge is 0.103 e. The zero-order valence-corrected chi connectivity index (χ0v) is 18.8. The minimum absolute atomic E-state index is 0.699. The predicted octanol–water partition coefficient (Wildman–Crippen LogP) is 6.64. The van der Waals surface area contributed by atoms with Crippen LogP contribution in [0.2, 0.25) is 0 Å². The van der Waals surface area contributed by atoms with Gasteiger partial charge in [-0.1, -0.05) is 39.1 Å². The van der Waals surface area contributed by atoms with E-state index in [1.807, 2.05) is 58.4 Å². The highest BCUT2D eigenvalue weighted by Crippen LogP contribution is 2.23. The lowest BCUT2D eigenvalue weighted by atomic mass is 10.0. The van der Waals surface area contributed by atoms with Gasteiger partial charge in [-0.05, 0) is 67.5 Å². The molecule has 0 amide bonds. The van der Waals surface area contributed by atoms with Crippen LogP contribution in [0.25, 0.3) is 6.08 Å². The van der Waals surface area contributed by atoms with Crippen molar-refractivity contribution in [3.8, 4) is 0 Å². The Kier molecular flexibility index (Phi) is 9.60. The number of aryl methyl sites for hydroxylation is 3. The summed E-state index contributed by atoms with van der Waals surface area (Å²) in [6.45, 7) is 18.3. The Hall–Kier alpha value is -2.46. The predicted molar refractivity (Wildman–Crippen MR) is 129 cm³/mol. The number of nitrogens with one attached hydrogen (secondary N) is 1. The average Bonchev–Trinajstić information content (AvgIpc) is 3.08. The molecule has 0 radical (unpaired) electrons. The Bertz CT molecular complexity index is 885. The third-order valence-electron chi connectivity index (χ3n) is 4.35. The first kappa shape index (κ1) is 23.6. The molecule has 0 aliphatic rings. The lowest BCUT2D eigenvalue weighted by Crippen LogP contribution is -2.00. The summed E-state index contributed by atoms with van der Waals surface area (Å²) in [6.07, 6.45) is 8.59. The second-order valence-electron chi connectivity index (χ2n) is 6.36. The number of aromatic nitrogens is 1. The Balaban J connectivity index is 0.00000190. The van der Waals surface area contributed by atoms with Gasteiger partial charge >= 0.3 is 0 Å². The molecule has 150 valence electrons. The van der Waals surface area contributed by atoms with Gasteiger partial charge in [-0.3, -0.25) is 0 Å². The number of nitrogens with zero attached hydrogens (tertiary/aromatic N) is 1. The van der Waals surface area contributed by atoms with Crippen molar-refractivity contribution in [2.75, 3.05) is 12.0 Å². The fourth-order valence-electron chi connectivity index (χ4n) is 2.72. The molecular formula is C24H33N3S. The van der Waals surface area contributed by atoms with Crippen LogP contribution in [-0.4, -0.2) is 16.3 Å². The zero-order chi connectivity index (χ0) is 21.3. The maximum absolute atomic E-state index is 5.98. The number of aliphatic imine (C=N–C) groups is 1. The van der Waals surface area contributed by atoms with Gasteiger partial charge in [0.15, 0.2) is 0 Å². The van der Waals surface area contributed by atoms with Gasteiger partial charge in [-0.2, -0.15) is 0 Å². The molecule has 0 spiro atoms. The lowest BCUT2D eigenvalue weighted by molar-refractivity contribution is 1.09. The lowest BCUT2D eigenvalue weighted by Gasteiger charge is -2.11. The Morgan fingerprint density at radius 3 is 2.43 bits per heavy atom. The number of benzene rings is 1. The summed E-state index contributed by atoms with van der Waals surface area (Å²) >= 11 is 1.60. The topological polar surface area (TPSA) is 54.2 Å². The number of thioether (sulfide) groups is 1. The Labute approximate surface area is 174 Å². The molecule has 1 aromatic carbocycles. The van der Waals surface area contributed by atoms with Crippen LogP contribution in [-0.2, 0) is 6.42 Å². The van der Waals surface area contributed by atoms with E-state index in [1.54, 1.807) is 11.8 Å². The number of H-pyrrole nitrogens is 1. The maximum Gasteiger partial charge on any atom is 0.103 e. The molecular weight excluding hydrogens is 362 g/mol.